The lowest BCUT2D eigenvalue weighted by Crippen LogP contribution is -2.35. The Morgan fingerprint density at radius 3 is 2.52 bits per heavy atom. The summed E-state index contributed by atoms with van der Waals surface area (Å²) in [6, 6.07) is 9.21. The van der Waals surface area contributed by atoms with Gasteiger partial charge < -0.3 is 0 Å². The lowest BCUT2D eigenvalue weighted by atomic mass is 9.85. The highest BCUT2D eigenvalue weighted by Crippen LogP contribution is 2.31. The fraction of sp³-hybridized carbons (Fsp3) is 0.333. The van der Waals surface area contributed by atoms with E-state index in [1.807, 2.05) is 26.4 Å². The molecule has 0 aliphatic rings. The highest BCUT2D eigenvalue weighted by Gasteiger charge is 2.21. The molecule has 0 spiro atoms. The van der Waals surface area contributed by atoms with E-state index in [-0.39, 0.29) is 5.41 Å². The first kappa shape index (κ1) is 14.4. The van der Waals surface area contributed by atoms with Crippen molar-refractivity contribution < 1.29 is 5.94 Å². The van der Waals surface area contributed by atoms with Crippen molar-refractivity contribution in [1.82, 2.24) is 4.98 Å². The van der Waals surface area contributed by atoms with E-state index in [0.717, 1.165) is 27.7 Å². The zero-order chi connectivity index (χ0) is 17.6. The highest BCUT2D eigenvalue weighted by molar-refractivity contribution is 5.94. The number of benzene rings is 1. The van der Waals surface area contributed by atoms with Crippen LogP contribution < -0.4 is 4.57 Å². The molecule has 118 valence electrons. The van der Waals surface area contributed by atoms with Crippen molar-refractivity contribution in [2.45, 2.75) is 40.0 Å². The Morgan fingerprint density at radius 2 is 1.87 bits per heavy atom. The average molecular weight is 306 g/mol. The van der Waals surface area contributed by atoms with Gasteiger partial charge in [-0.3, -0.25) is 4.98 Å². The summed E-state index contributed by atoms with van der Waals surface area (Å²) in [4.78, 5) is 4.22. The van der Waals surface area contributed by atoms with Crippen LogP contribution in [-0.4, -0.2) is 4.98 Å². The van der Waals surface area contributed by atoms with Gasteiger partial charge in [0.05, 0.1) is 12.3 Å². The first-order valence-corrected chi connectivity index (χ1v) is 8.06. The van der Waals surface area contributed by atoms with Gasteiger partial charge >= 0.3 is 0 Å². The number of hydrogen-bond donors (Lipinski definition) is 0. The van der Waals surface area contributed by atoms with Crippen molar-refractivity contribution >= 4 is 10.8 Å². The van der Waals surface area contributed by atoms with E-state index in [2.05, 4.69) is 61.5 Å². The molecule has 0 saturated carbocycles. The average Bonchev–Trinajstić information content (AvgIpc) is 2.53. The van der Waals surface area contributed by atoms with Crippen LogP contribution in [0.1, 0.15) is 39.0 Å². The van der Waals surface area contributed by atoms with Gasteiger partial charge in [0.25, 0.3) is 0 Å². The van der Waals surface area contributed by atoms with Gasteiger partial charge in [0.15, 0.2) is 5.69 Å². The molecule has 0 aliphatic carbocycles. The minimum atomic E-state index is 0.0688. The molecule has 0 aliphatic heterocycles. The maximum absolute atomic E-state index is 8.61. The van der Waals surface area contributed by atoms with Crippen molar-refractivity contribution in [3.05, 3.63) is 59.5 Å². The number of aromatic nitrogens is 2. The minimum Gasteiger partial charge on any atom is -0.264 e. The summed E-state index contributed by atoms with van der Waals surface area (Å²) in [5.74, 6) is 0. The summed E-state index contributed by atoms with van der Waals surface area (Å²) in [7, 11) is 2.04. The molecule has 2 nitrogen and oxygen atoms in total. The van der Waals surface area contributed by atoms with Crippen LogP contribution in [0.4, 0.5) is 0 Å². The van der Waals surface area contributed by atoms with E-state index in [1.165, 1.54) is 11.1 Å². The highest BCUT2D eigenvalue weighted by atomic mass is 14.9. The third-order valence-electron chi connectivity index (χ3n) is 4.57. The normalized spacial score (nSPS) is 12.5. The summed E-state index contributed by atoms with van der Waals surface area (Å²) >= 11 is 0. The van der Waals surface area contributed by atoms with Crippen LogP contribution >= 0.6 is 0 Å². The number of pyridine rings is 2. The number of aryl methyl sites for hydroxylation is 1. The summed E-state index contributed by atoms with van der Waals surface area (Å²) in [6.45, 7) is 10.7. The van der Waals surface area contributed by atoms with Gasteiger partial charge in [-0.15, -0.1) is 0 Å². The summed E-state index contributed by atoms with van der Waals surface area (Å²) in [5.41, 5.74) is 5.77. The maximum Gasteiger partial charge on any atom is 0.220 e. The minimum absolute atomic E-state index is 0.0688. The van der Waals surface area contributed by atoms with Crippen molar-refractivity contribution in [1.29, 1.82) is 0 Å². The first-order valence-electron chi connectivity index (χ1n) is 8.56. The quantitative estimate of drug-likeness (QED) is 0.598. The smallest absolute Gasteiger partial charge is 0.220 e. The number of nitrogens with zero attached hydrogens (tertiary/aromatic N) is 2. The van der Waals surface area contributed by atoms with Gasteiger partial charge in [-0.05, 0) is 41.0 Å². The van der Waals surface area contributed by atoms with E-state index in [0.29, 0.717) is 6.04 Å². The largest absolute Gasteiger partial charge is 0.264 e. The molecule has 0 fully saturated rings. The fourth-order valence-corrected chi connectivity index (χ4v) is 3.01. The predicted octanol–water partition coefficient (Wildman–Crippen LogP) is 4.64. The maximum atomic E-state index is 8.61. The van der Waals surface area contributed by atoms with E-state index in [1.54, 1.807) is 0 Å². The lowest BCUT2D eigenvalue weighted by Gasteiger charge is -2.20. The molecule has 0 unspecified atom stereocenters. The molecule has 0 bridgehead atoms. The third kappa shape index (κ3) is 2.74. The SMILES string of the molecule is [2H]c1c(C)[n+](C)c(-c2ccncc2C)c2ccc(C(C)(C)C)cc12. The Bertz CT molecular complexity index is 937. The van der Waals surface area contributed by atoms with Gasteiger partial charge in [-0.2, -0.15) is 4.57 Å². The van der Waals surface area contributed by atoms with E-state index < -0.39 is 0 Å². The van der Waals surface area contributed by atoms with Crippen molar-refractivity contribution in [3.8, 4) is 11.3 Å². The Labute approximate surface area is 140 Å². The van der Waals surface area contributed by atoms with Crippen LogP contribution in [0, 0.1) is 13.8 Å². The molecule has 0 amide bonds. The van der Waals surface area contributed by atoms with Crippen LogP contribution in [0.25, 0.3) is 22.0 Å². The molecule has 1 aromatic carbocycles. The molecular formula is C21H25N2+. The topological polar surface area (TPSA) is 16.8 Å². The van der Waals surface area contributed by atoms with Gasteiger partial charge in [0.2, 0.25) is 5.69 Å². The van der Waals surface area contributed by atoms with Crippen molar-refractivity contribution in [2.24, 2.45) is 7.05 Å². The van der Waals surface area contributed by atoms with Crippen LogP contribution in [0.5, 0.6) is 0 Å². The standard InChI is InChI=1S/C21H25N2/c1-14-13-22-10-9-18(14)20-19-8-7-17(21(3,4)5)12-16(19)11-15(2)23(20)6/h7-13H,1-6H3/q+1/i11D. The molecule has 3 aromatic rings. The van der Waals surface area contributed by atoms with Crippen LogP contribution in [-0.2, 0) is 12.5 Å². The molecule has 0 radical (unpaired) electrons. The fourth-order valence-electron chi connectivity index (χ4n) is 3.01. The van der Waals surface area contributed by atoms with Gasteiger partial charge in [-0.1, -0.05) is 32.9 Å². The zero-order valence-corrected chi connectivity index (χ0v) is 14.9. The molecule has 2 heterocycles. The Kier molecular flexibility index (Phi) is 3.41. The Morgan fingerprint density at radius 1 is 1.13 bits per heavy atom. The lowest BCUT2D eigenvalue weighted by molar-refractivity contribution is -0.665. The molecule has 0 atom stereocenters. The second-order valence-corrected chi connectivity index (χ2v) is 7.32. The predicted molar refractivity (Wildman–Crippen MR) is 96.5 cm³/mol. The van der Waals surface area contributed by atoms with Crippen molar-refractivity contribution in [2.75, 3.05) is 0 Å². The first-order chi connectivity index (χ1) is 11.2. The van der Waals surface area contributed by atoms with Crippen LogP contribution in [0.2, 0.25) is 0 Å². The molecule has 3 rings (SSSR count). The second kappa shape index (κ2) is 5.45. The molecule has 0 saturated heterocycles. The van der Waals surface area contributed by atoms with Gasteiger partial charge in [0, 0.05) is 25.4 Å². The second-order valence-electron chi connectivity index (χ2n) is 7.32. The third-order valence-corrected chi connectivity index (χ3v) is 4.57. The Hall–Kier alpha value is -2.22. The van der Waals surface area contributed by atoms with Crippen LogP contribution in [0.15, 0.2) is 42.7 Å². The van der Waals surface area contributed by atoms with Gasteiger partial charge in [-0.25, -0.2) is 0 Å². The van der Waals surface area contributed by atoms with Crippen LogP contribution in [0.3, 0.4) is 0 Å². The van der Waals surface area contributed by atoms with Gasteiger partial charge in [0.1, 0.15) is 7.05 Å². The number of fused-ring (bicyclic) bond motifs is 1. The van der Waals surface area contributed by atoms with E-state index in [4.69, 9.17) is 1.37 Å². The van der Waals surface area contributed by atoms with E-state index >= 15 is 0 Å². The van der Waals surface area contributed by atoms with Crippen molar-refractivity contribution in [3.63, 3.8) is 0 Å². The zero-order valence-electron chi connectivity index (χ0n) is 15.9. The molecular weight excluding hydrogens is 280 g/mol. The molecule has 2 aromatic heterocycles. The molecule has 0 N–H and O–H groups in total. The summed E-state index contributed by atoms with van der Waals surface area (Å²) in [6.07, 6.45) is 3.73. The Balaban J connectivity index is 2.45. The van der Waals surface area contributed by atoms with E-state index in [9.17, 15) is 0 Å². The summed E-state index contributed by atoms with van der Waals surface area (Å²) < 4.78 is 10.7. The molecule has 2 heteroatoms. The number of hydrogen-bond acceptors (Lipinski definition) is 1. The number of rotatable bonds is 1. The summed E-state index contributed by atoms with van der Waals surface area (Å²) in [5, 5.41) is 2.14. The monoisotopic (exact) mass is 306 g/mol. The molecule has 23 heavy (non-hydrogen) atoms.